The molecule has 4 heteroatoms. The van der Waals surface area contributed by atoms with E-state index in [0.29, 0.717) is 22.1 Å². The van der Waals surface area contributed by atoms with E-state index in [-0.39, 0.29) is 0 Å². The van der Waals surface area contributed by atoms with Crippen molar-refractivity contribution in [3.8, 4) is 0 Å². The minimum Gasteiger partial charge on any atom is -0.369 e. The zero-order chi connectivity index (χ0) is 13.8. The average molecular weight is 301 g/mol. The van der Waals surface area contributed by atoms with Crippen LogP contribution in [-0.4, -0.2) is 25.2 Å². The van der Waals surface area contributed by atoms with Crippen LogP contribution in [0, 0.1) is 0 Å². The van der Waals surface area contributed by atoms with E-state index in [1.54, 1.807) is 0 Å². The fourth-order valence-corrected chi connectivity index (χ4v) is 3.05. The second-order valence-electron chi connectivity index (χ2n) is 5.32. The molecule has 0 saturated carbocycles. The van der Waals surface area contributed by atoms with E-state index in [0.717, 1.165) is 13.1 Å². The highest BCUT2D eigenvalue weighted by Crippen LogP contribution is 2.30. The molecule has 0 radical (unpaired) electrons. The van der Waals surface area contributed by atoms with Gasteiger partial charge in [0.25, 0.3) is 0 Å². The Balaban J connectivity index is 2.01. The van der Waals surface area contributed by atoms with Crippen LogP contribution in [0.3, 0.4) is 0 Å². The number of nitrogens with one attached hydrogen (secondary N) is 1. The molecule has 1 aromatic rings. The van der Waals surface area contributed by atoms with Crippen molar-refractivity contribution >= 4 is 28.9 Å². The van der Waals surface area contributed by atoms with Gasteiger partial charge in [-0.25, -0.2) is 0 Å². The van der Waals surface area contributed by atoms with Crippen LogP contribution in [0.4, 0.5) is 5.69 Å². The van der Waals surface area contributed by atoms with E-state index < -0.39 is 0 Å². The molecule has 2 rings (SSSR count). The number of halogens is 2. The first kappa shape index (κ1) is 15.0. The van der Waals surface area contributed by atoms with E-state index in [1.807, 2.05) is 12.1 Å². The monoisotopic (exact) mass is 300 g/mol. The molecule has 0 amide bonds. The summed E-state index contributed by atoms with van der Waals surface area (Å²) in [5.74, 6) is 0. The lowest BCUT2D eigenvalue weighted by molar-refractivity contribution is 0.369. The largest absolute Gasteiger partial charge is 0.369 e. The zero-order valence-corrected chi connectivity index (χ0v) is 13.1. The maximum atomic E-state index is 6.11. The predicted molar refractivity (Wildman–Crippen MR) is 84.6 cm³/mol. The molecule has 0 aliphatic carbocycles. The number of rotatable bonds is 4. The summed E-state index contributed by atoms with van der Waals surface area (Å²) in [5, 5.41) is 4.88. The molecule has 1 N–H and O–H groups in total. The van der Waals surface area contributed by atoms with Crippen molar-refractivity contribution in [2.45, 2.75) is 45.2 Å². The quantitative estimate of drug-likeness (QED) is 0.889. The van der Waals surface area contributed by atoms with E-state index in [1.165, 1.54) is 24.9 Å². The molecule has 1 heterocycles. The van der Waals surface area contributed by atoms with Crippen molar-refractivity contribution in [1.82, 2.24) is 5.32 Å². The fraction of sp³-hybridized carbons (Fsp3) is 0.600. The molecule has 0 spiro atoms. The van der Waals surface area contributed by atoms with Crippen molar-refractivity contribution in [2.24, 2.45) is 0 Å². The number of hydrogen-bond acceptors (Lipinski definition) is 2. The lowest BCUT2D eigenvalue weighted by atomic mass is 9.97. The Morgan fingerprint density at radius 2 is 2.11 bits per heavy atom. The Kier molecular flexibility index (Phi) is 5.37. The molecule has 19 heavy (non-hydrogen) atoms. The zero-order valence-electron chi connectivity index (χ0n) is 11.6. The summed E-state index contributed by atoms with van der Waals surface area (Å²) in [6.45, 7) is 6.67. The third-order valence-electron chi connectivity index (χ3n) is 3.79. The molecular weight excluding hydrogens is 279 g/mol. The van der Waals surface area contributed by atoms with Gasteiger partial charge < -0.3 is 10.2 Å². The van der Waals surface area contributed by atoms with Crippen LogP contribution >= 0.6 is 23.2 Å². The first-order valence-electron chi connectivity index (χ1n) is 7.07. The van der Waals surface area contributed by atoms with Crippen molar-refractivity contribution in [1.29, 1.82) is 0 Å². The van der Waals surface area contributed by atoms with Crippen molar-refractivity contribution < 1.29 is 0 Å². The second kappa shape index (κ2) is 6.83. The number of nitrogens with zero attached hydrogens (tertiary/aromatic N) is 1. The molecule has 1 fully saturated rings. The number of piperidine rings is 1. The molecule has 106 valence electrons. The summed E-state index contributed by atoms with van der Waals surface area (Å²) in [6, 6.07) is 7.09. The Labute approximate surface area is 126 Å². The molecule has 0 aromatic heterocycles. The topological polar surface area (TPSA) is 15.3 Å². The second-order valence-corrected chi connectivity index (χ2v) is 6.13. The van der Waals surface area contributed by atoms with Gasteiger partial charge in [-0.3, -0.25) is 0 Å². The van der Waals surface area contributed by atoms with E-state index in [4.69, 9.17) is 23.2 Å². The first-order valence-corrected chi connectivity index (χ1v) is 7.82. The summed E-state index contributed by atoms with van der Waals surface area (Å²) in [7, 11) is 0. The van der Waals surface area contributed by atoms with E-state index in [2.05, 4.69) is 30.1 Å². The fourth-order valence-electron chi connectivity index (χ4n) is 2.75. The van der Waals surface area contributed by atoms with E-state index in [9.17, 15) is 0 Å². The van der Waals surface area contributed by atoms with Crippen LogP contribution < -0.4 is 10.2 Å². The van der Waals surface area contributed by atoms with Crippen molar-refractivity contribution in [2.75, 3.05) is 18.0 Å². The number of benzene rings is 1. The Morgan fingerprint density at radius 3 is 2.74 bits per heavy atom. The van der Waals surface area contributed by atoms with Gasteiger partial charge in [0.1, 0.15) is 0 Å². The van der Waals surface area contributed by atoms with Gasteiger partial charge in [-0.05, 0) is 50.9 Å². The van der Waals surface area contributed by atoms with Gasteiger partial charge in [-0.15, -0.1) is 0 Å². The average Bonchev–Trinajstić information content (AvgIpc) is 2.40. The van der Waals surface area contributed by atoms with Gasteiger partial charge >= 0.3 is 0 Å². The standard InChI is InChI=1S/C15H22Cl2N2/c1-3-7-18-12-6-8-19(11(2)9-12)13-4-5-14(16)15(17)10-13/h4-5,10-12,18H,3,6-9H2,1-2H3. The maximum Gasteiger partial charge on any atom is 0.0612 e. The van der Waals surface area contributed by atoms with Crippen LogP contribution in [0.5, 0.6) is 0 Å². The maximum absolute atomic E-state index is 6.11. The summed E-state index contributed by atoms with van der Waals surface area (Å²) in [4.78, 5) is 2.42. The molecule has 1 aliphatic rings. The molecule has 0 bridgehead atoms. The van der Waals surface area contributed by atoms with Crippen LogP contribution in [0.2, 0.25) is 10.0 Å². The normalized spacial score (nSPS) is 23.7. The van der Waals surface area contributed by atoms with Crippen LogP contribution in [0.25, 0.3) is 0 Å². The highest BCUT2D eigenvalue weighted by molar-refractivity contribution is 6.42. The summed E-state index contributed by atoms with van der Waals surface area (Å²) < 4.78 is 0. The van der Waals surface area contributed by atoms with Crippen LogP contribution in [0.1, 0.15) is 33.1 Å². The van der Waals surface area contributed by atoms with Crippen LogP contribution in [0.15, 0.2) is 18.2 Å². The van der Waals surface area contributed by atoms with Crippen molar-refractivity contribution in [3.05, 3.63) is 28.2 Å². The minimum absolute atomic E-state index is 0.528. The summed E-state index contributed by atoms with van der Waals surface area (Å²) in [6.07, 6.45) is 3.56. The Morgan fingerprint density at radius 1 is 1.32 bits per heavy atom. The van der Waals surface area contributed by atoms with Gasteiger partial charge in [-0.1, -0.05) is 30.1 Å². The molecule has 1 saturated heterocycles. The highest BCUT2D eigenvalue weighted by Gasteiger charge is 2.25. The number of hydrogen-bond donors (Lipinski definition) is 1. The lowest BCUT2D eigenvalue weighted by Crippen LogP contribution is -2.47. The van der Waals surface area contributed by atoms with Gasteiger partial charge in [0.2, 0.25) is 0 Å². The van der Waals surface area contributed by atoms with Crippen molar-refractivity contribution in [3.63, 3.8) is 0 Å². The summed E-state index contributed by atoms with van der Waals surface area (Å²) in [5.41, 5.74) is 1.18. The Bertz CT molecular complexity index is 423. The third-order valence-corrected chi connectivity index (χ3v) is 4.53. The molecular formula is C15H22Cl2N2. The summed E-state index contributed by atoms with van der Waals surface area (Å²) >= 11 is 12.1. The van der Waals surface area contributed by atoms with E-state index >= 15 is 0 Å². The molecule has 1 aliphatic heterocycles. The smallest absolute Gasteiger partial charge is 0.0612 e. The highest BCUT2D eigenvalue weighted by atomic mass is 35.5. The SMILES string of the molecule is CCCNC1CCN(c2ccc(Cl)c(Cl)c2)C(C)C1. The molecule has 1 aromatic carbocycles. The molecule has 2 nitrogen and oxygen atoms in total. The van der Waals surface area contributed by atoms with Gasteiger partial charge in [0.15, 0.2) is 0 Å². The Hall–Kier alpha value is -0.440. The van der Waals surface area contributed by atoms with Gasteiger partial charge in [-0.2, -0.15) is 0 Å². The van der Waals surface area contributed by atoms with Gasteiger partial charge in [0.05, 0.1) is 10.0 Å². The van der Waals surface area contributed by atoms with Gasteiger partial charge in [0, 0.05) is 24.3 Å². The lowest BCUT2D eigenvalue weighted by Gasteiger charge is -2.39. The number of anilines is 1. The molecule has 2 atom stereocenters. The first-order chi connectivity index (χ1) is 9.11. The molecule has 2 unspecified atom stereocenters. The predicted octanol–water partition coefficient (Wildman–Crippen LogP) is 4.35. The third kappa shape index (κ3) is 3.77. The minimum atomic E-state index is 0.528. The van der Waals surface area contributed by atoms with Crippen LogP contribution in [-0.2, 0) is 0 Å².